The molecule has 0 bridgehead atoms. The summed E-state index contributed by atoms with van der Waals surface area (Å²) >= 11 is 3.42. The molecule has 0 aliphatic heterocycles. The van der Waals surface area contributed by atoms with E-state index < -0.39 is 0 Å². The molecule has 0 saturated carbocycles. The number of nitrogens with one attached hydrogen (secondary N) is 2. The molecular weight excluding hydrogens is 292 g/mol. The highest BCUT2D eigenvalue weighted by molar-refractivity contribution is 9.10. The van der Waals surface area contributed by atoms with E-state index in [1.165, 1.54) is 5.56 Å². The Labute approximate surface area is 115 Å². The molecule has 2 N–H and O–H groups in total. The molecule has 2 rings (SSSR count). The largest absolute Gasteiger partial charge is 0.366 e. The van der Waals surface area contributed by atoms with Crippen molar-refractivity contribution < 1.29 is 0 Å². The predicted molar refractivity (Wildman–Crippen MR) is 76.3 cm³/mol. The van der Waals surface area contributed by atoms with Crippen LogP contribution in [0.5, 0.6) is 0 Å². The molecule has 1 aromatic carbocycles. The summed E-state index contributed by atoms with van der Waals surface area (Å²) in [6, 6.07) is 10.1. The summed E-state index contributed by atoms with van der Waals surface area (Å²) in [4.78, 5) is 8.58. The number of hydrogen-bond acceptors (Lipinski definition) is 4. The Bertz CT molecular complexity index is 499. The van der Waals surface area contributed by atoms with Gasteiger partial charge in [0, 0.05) is 17.2 Å². The Morgan fingerprint density at radius 2 is 1.89 bits per heavy atom. The highest BCUT2D eigenvalue weighted by Crippen LogP contribution is 2.11. The zero-order chi connectivity index (χ0) is 12.8. The van der Waals surface area contributed by atoms with E-state index in [1.54, 1.807) is 6.20 Å². The van der Waals surface area contributed by atoms with Crippen molar-refractivity contribution in [1.82, 2.24) is 15.3 Å². The lowest BCUT2D eigenvalue weighted by Crippen LogP contribution is -2.10. The van der Waals surface area contributed by atoms with Gasteiger partial charge in [0.15, 0.2) is 0 Å². The van der Waals surface area contributed by atoms with E-state index in [9.17, 15) is 0 Å². The van der Waals surface area contributed by atoms with Crippen molar-refractivity contribution in [3.8, 4) is 0 Å². The second-order valence-electron chi connectivity index (χ2n) is 3.87. The normalized spacial score (nSPS) is 10.3. The minimum atomic E-state index is 0.674. The zero-order valence-corrected chi connectivity index (χ0v) is 11.7. The third-order valence-corrected chi connectivity index (χ3v) is 2.96. The van der Waals surface area contributed by atoms with Crippen molar-refractivity contribution in [2.45, 2.75) is 13.1 Å². The first-order chi connectivity index (χ1) is 8.78. The van der Waals surface area contributed by atoms with Gasteiger partial charge in [-0.15, -0.1) is 0 Å². The molecule has 18 heavy (non-hydrogen) atoms. The Morgan fingerprint density at radius 1 is 1.11 bits per heavy atom. The van der Waals surface area contributed by atoms with Crippen molar-refractivity contribution in [2.24, 2.45) is 0 Å². The van der Waals surface area contributed by atoms with Gasteiger partial charge in [-0.1, -0.05) is 28.1 Å². The monoisotopic (exact) mass is 306 g/mol. The third-order valence-electron chi connectivity index (χ3n) is 2.43. The van der Waals surface area contributed by atoms with Gasteiger partial charge in [-0.05, 0) is 30.8 Å². The summed E-state index contributed by atoms with van der Waals surface area (Å²) in [6.45, 7) is 1.43. The van der Waals surface area contributed by atoms with Crippen molar-refractivity contribution in [2.75, 3.05) is 12.4 Å². The Balaban J connectivity index is 1.97. The van der Waals surface area contributed by atoms with Crippen LogP contribution in [0.15, 0.2) is 41.0 Å². The van der Waals surface area contributed by atoms with Crippen LogP contribution in [0.4, 0.5) is 5.82 Å². The van der Waals surface area contributed by atoms with Gasteiger partial charge in [0.1, 0.15) is 11.6 Å². The molecule has 0 aliphatic rings. The fourth-order valence-corrected chi connectivity index (χ4v) is 1.80. The number of aromatic nitrogens is 2. The number of rotatable bonds is 5. The van der Waals surface area contributed by atoms with E-state index in [0.29, 0.717) is 6.54 Å². The van der Waals surface area contributed by atoms with Crippen LogP contribution in [0.1, 0.15) is 11.4 Å². The highest BCUT2D eigenvalue weighted by Gasteiger charge is 1.98. The minimum Gasteiger partial charge on any atom is -0.366 e. The van der Waals surface area contributed by atoms with Crippen molar-refractivity contribution in [3.63, 3.8) is 0 Å². The first-order valence-electron chi connectivity index (χ1n) is 5.73. The van der Waals surface area contributed by atoms with Crippen LogP contribution >= 0.6 is 15.9 Å². The van der Waals surface area contributed by atoms with Crippen molar-refractivity contribution in [1.29, 1.82) is 0 Å². The summed E-state index contributed by atoms with van der Waals surface area (Å²) in [5.74, 6) is 1.64. The summed E-state index contributed by atoms with van der Waals surface area (Å²) in [5.41, 5.74) is 1.21. The van der Waals surface area contributed by atoms with Crippen LogP contribution in [0.2, 0.25) is 0 Å². The first-order valence-corrected chi connectivity index (χ1v) is 6.52. The molecule has 0 radical (unpaired) electrons. The van der Waals surface area contributed by atoms with Gasteiger partial charge < -0.3 is 10.6 Å². The number of anilines is 1. The molecule has 0 saturated heterocycles. The summed E-state index contributed by atoms with van der Waals surface area (Å²) in [6.07, 6.45) is 1.77. The summed E-state index contributed by atoms with van der Waals surface area (Å²) < 4.78 is 1.09. The second-order valence-corrected chi connectivity index (χ2v) is 4.78. The maximum absolute atomic E-state index is 4.40. The number of benzene rings is 1. The molecule has 1 heterocycles. The maximum atomic E-state index is 4.40. The molecule has 0 spiro atoms. The van der Waals surface area contributed by atoms with Crippen molar-refractivity contribution >= 4 is 21.7 Å². The smallest absolute Gasteiger partial charge is 0.144 e. The number of nitrogens with zero attached hydrogens (tertiary/aromatic N) is 2. The van der Waals surface area contributed by atoms with Crippen LogP contribution in [0, 0.1) is 0 Å². The topological polar surface area (TPSA) is 49.8 Å². The molecule has 0 aliphatic carbocycles. The average Bonchev–Trinajstić information content (AvgIpc) is 2.39. The quantitative estimate of drug-likeness (QED) is 0.891. The van der Waals surface area contributed by atoms with E-state index in [-0.39, 0.29) is 0 Å². The molecule has 94 valence electrons. The predicted octanol–water partition coefficient (Wildman–Crippen LogP) is 2.57. The zero-order valence-electron chi connectivity index (χ0n) is 10.2. The summed E-state index contributed by atoms with van der Waals surface area (Å²) in [7, 11) is 1.88. The molecule has 1 aromatic heterocycles. The molecular formula is C13H15BrN4. The van der Waals surface area contributed by atoms with Gasteiger partial charge in [0.2, 0.25) is 0 Å². The maximum Gasteiger partial charge on any atom is 0.144 e. The minimum absolute atomic E-state index is 0.674. The van der Waals surface area contributed by atoms with E-state index in [0.717, 1.165) is 22.7 Å². The molecule has 2 aromatic rings. The standard InChI is InChI=1S/C13H15BrN4/c1-15-9-13-16-7-6-12(18-13)17-8-10-2-4-11(14)5-3-10/h2-7,15H,8-9H2,1H3,(H,16,17,18). The Morgan fingerprint density at radius 3 is 2.61 bits per heavy atom. The first kappa shape index (κ1) is 13.0. The van der Waals surface area contributed by atoms with Crippen LogP contribution < -0.4 is 10.6 Å². The summed E-state index contributed by atoms with van der Waals surface area (Å²) in [5, 5.41) is 6.32. The van der Waals surface area contributed by atoms with Gasteiger partial charge in [0.25, 0.3) is 0 Å². The SMILES string of the molecule is CNCc1nccc(NCc2ccc(Br)cc2)n1. The lowest BCUT2D eigenvalue weighted by molar-refractivity contribution is 0.758. The fourth-order valence-electron chi connectivity index (χ4n) is 1.54. The highest BCUT2D eigenvalue weighted by atomic mass is 79.9. The van der Waals surface area contributed by atoms with Gasteiger partial charge in [-0.25, -0.2) is 9.97 Å². The Hall–Kier alpha value is -1.46. The van der Waals surface area contributed by atoms with E-state index in [2.05, 4.69) is 48.7 Å². The molecule has 5 heteroatoms. The molecule has 0 amide bonds. The van der Waals surface area contributed by atoms with Crippen LogP contribution in [0.3, 0.4) is 0 Å². The second kappa shape index (κ2) is 6.47. The van der Waals surface area contributed by atoms with E-state index in [4.69, 9.17) is 0 Å². The lowest BCUT2D eigenvalue weighted by atomic mass is 10.2. The fraction of sp³-hybridized carbons (Fsp3) is 0.231. The van der Waals surface area contributed by atoms with Gasteiger partial charge in [0.05, 0.1) is 6.54 Å². The van der Waals surface area contributed by atoms with E-state index >= 15 is 0 Å². The van der Waals surface area contributed by atoms with Gasteiger partial charge in [-0.3, -0.25) is 0 Å². The lowest BCUT2D eigenvalue weighted by Gasteiger charge is -2.07. The number of hydrogen-bond donors (Lipinski definition) is 2. The Kier molecular flexibility index (Phi) is 4.66. The van der Waals surface area contributed by atoms with Gasteiger partial charge in [-0.2, -0.15) is 0 Å². The van der Waals surface area contributed by atoms with Crippen LogP contribution in [0.25, 0.3) is 0 Å². The molecule has 0 fully saturated rings. The molecule has 0 unspecified atom stereocenters. The molecule has 4 nitrogen and oxygen atoms in total. The van der Waals surface area contributed by atoms with Crippen LogP contribution in [-0.4, -0.2) is 17.0 Å². The average molecular weight is 307 g/mol. The van der Waals surface area contributed by atoms with Crippen molar-refractivity contribution in [3.05, 3.63) is 52.4 Å². The van der Waals surface area contributed by atoms with Gasteiger partial charge >= 0.3 is 0 Å². The van der Waals surface area contributed by atoms with Crippen LogP contribution in [-0.2, 0) is 13.1 Å². The number of halogens is 1. The third kappa shape index (κ3) is 3.78. The van der Waals surface area contributed by atoms with E-state index in [1.807, 2.05) is 25.2 Å². The molecule has 0 atom stereocenters.